The molecule has 1 amide bonds. The summed E-state index contributed by atoms with van der Waals surface area (Å²) in [6.45, 7) is 2.84. The zero-order chi connectivity index (χ0) is 22.1. The minimum absolute atomic E-state index is 0.122. The summed E-state index contributed by atoms with van der Waals surface area (Å²) in [5.74, 6) is 1.07. The zero-order valence-corrected chi connectivity index (χ0v) is 19.9. The van der Waals surface area contributed by atoms with Crippen LogP contribution in [0.25, 0.3) is 5.69 Å². The molecule has 1 atom stereocenters. The van der Waals surface area contributed by atoms with Crippen LogP contribution in [0.5, 0.6) is 0 Å². The van der Waals surface area contributed by atoms with E-state index in [4.69, 9.17) is 4.98 Å². The molecule has 2 aliphatic heterocycles. The maximum Gasteiger partial charge on any atom is 0.233 e. The maximum absolute atomic E-state index is 12.9. The summed E-state index contributed by atoms with van der Waals surface area (Å²) in [7, 11) is -2.88. The number of carbonyl (C=O) groups is 1. The Morgan fingerprint density at radius 2 is 1.81 bits per heavy atom. The molecule has 0 spiro atoms. The number of aromatic nitrogens is 2. The van der Waals surface area contributed by atoms with Gasteiger partial charge in [-0.15, -0.1) is 0 Å². The van der Waals surface area contributed by atoms with E-state index >= 15 is 0 Å². The lowest BCUT2D eigenvalue weighted by atomic mass is 10.0. The third-order valence-electron chi connectivity index (χ3n) is 6.83. The molecular weight excluding hydrogens is 444 g/mol. The van der Waals surface area contributed by atoms with Crippen LogP contribution >= 0.6 is 11.8 Å². The van der Waals surface area contributed by atoms with Gasteiger partial charge in [0.1, 0.15) is 0 Å². The molecule has 0 bridgehead atoms. The number of thioether (sulfide) groups is 1. The number of amides is 1. The van der Waals surface area contributed by atoms with E-state index in [9.17, 15) is 13.2 Å². The number of piperazine rings is 1. The van der Waals surface area contributed by atoms with E-state index in [0.29, 0.717) is 24.6 Å². The smallest absolute Gasteiger partial charge is 0.233 e. The molecule has 1 aliphatic carbocycles. The summed E-state index contributed by atoms with van der Waals surface area (Å²) in [6, 6.07) is 10.4. The number of hydrogen-bond acceptors (Lipinski definition) is 6. The van der Waals surface area contributed by atoms with Crippen molar-refractivity contribution in [1.29, 1.82) is 0 Å². The van der Waals surface area contributed by atoms with E-state index in [0.717, 1.165) is 43.2 Å². The fraction of sp³-hybridized carbons (Fsp3) is 0.565. The highest BCUT2D eigenvalue weighted by Gasteiger charge is 2.34. The molecule has 3 aliphatic rings. The minimum Gasteiger partial charge on any atom is -0.339 e. The fourth-order valence-electron chi connectivity index (χ4n) is 5.07. The van der Waals surface area contributed by atoms with Crippen molar-refractivity contribution in [3.05, 3.63) is 41.7 Å². The van der Waals surface area contributed by atoms with Gasteiger partial charge in [-0.3, -0.25) is 14.3 Å². The number of hydrogen-bond donors (Lipinski definition) is 0. The molecule has 7 nitrogen and oxygen atoms in total. The van der Waals surface area contributed by atoms with Crippen LogP contribution in [-0.4, -0.2) is 83.2 Å². The molecule has 0 radical (unpaired) electrons. The number of nitrogens with zero attached hydrogens (tertiary/aromatic N) is 4. The van der Waals surface area contributed by atoms with Crippen LogP contribution in [0.1, 0.15) is 30.7 Å². The lowest BCUT2D eigenvalue weighted by Gasteiger charge is -2.37. The van der Waals surface area contributed by atoms with Gasteiger partial charge in [0.2, 0.25) is 5.91 Å². The van der Waals surface area contributed by atoms with Gasteiger partial charge in [0.25, 0.3) is 0 Å². The van der Waals surface area contributed by atoms with E-state index in [2.05, 4.69) is 21.6 Å². The molecule has 3 heterocycles. The number of fused-ring (bicyclic) bond motifs is 1. The van der Waals surface area contributed by atoms with Crippen LogP contribution < -0.4 is 0 Å². The summed E-state index contributed by atoms with van der Waals surface area (Å²) >= 11 is 1.53. The van der Waals surface area contributed by atoms with Crippen LogP contribution in [0.15, 0.2) is 35.5 Å². The average Bonchev–Trinajstić information content (AvgIpc) is 3.37. The summed E-state index contributed by atoms with van der Waals surface area (Å²) in [6.07, 6.45) is 5.12. The van der Waals surface area contributed by atoms with Crippen molar-refractivity contribution in [2.45, 2.75) is 43.3 Å². The molecule has 1 aromatic carbocycles. The molecule has 172 valence electrons. The minimum atomic E-state index is -2.88. The van der Waals surface area contributed by atoms with Crippen molar-refractivity contribution in [2.75, 3.05) is 43.4 Å². The second-order valence-electron chi connectivity index (χ2n) is 8.93. The van der Waals surface area contributed by atoms with E-state index in [1.165, 1.54) is 36.0 Å². The topological polar surface area (TPSA) is 75.5 Å². The van der Waals surface area contributed by atoms with Gasteiger partial charge in [-0.1, -0.05) is 30.0 Å². The van der Waals surface area contributed by atoms with Crippen LogP contribution in [0.4, 0.5) is 0 Å². The van der Waals surface area contributed by atoms with Crippen molar-refractivity contribution < 1.29 is 13.2 Å². The Kier molecular flexibility index (Phi) is 6.31. The SMILES string of the molecule is O=C(CSc1nc2c(n1-c1ccccc1)CCCC2)N1CCN(C2CCS(=O)(=O)C2)CC1. The average molecular weight is 475 g/mol. The Bertz CT molecular complexity index is 1080. The van der Waals surface area contributed by atoms with E-state index in [-0.39, 0.29) is 17.7 Å². The highest BCUT2D eigenvalue weighted by Crippen LogP contribution is 2.31. The monoisotopic (exact) mass is 474 g/mol. The summed E-state index contributed by atoms with van der Waals surface area (Å²) < 4.78 is 25.8. The highest BCUT2D eigenvalue weighted by atomic mass is 32.2. The van der Waals surface area contributed by atoms with Crippen molar-refractivity contribution in [1.82, 2.24) is 19.4 Å². The number of aryl methyl sites for hydroxylation is 1. The number of rotatable bonds is 5. The third-order valence-corrected chi connectivity index (χ3v) is 9.51. The lowest BCUT2D eigenvalue weighted by molar-refractivity contribution is -0.130. The second-order valence-corrected chi connectivity index (χ2v) is 12.1. The molecule has 2 saturated heterocycles. The molecule has 0 N–H and O–H groups in total. The Morgan fingerprint density at radius 1 is 1.06 bits per heavy atom. The largest absolute Gasteiger partial charge is 0.339 e. The van der Waals surface area contributed by atoms with Crippen molar-refractivity contribution in [3.8, 4) is 5.69 Å². The summed E-state index contributed by atoms with van der Waals surface area (Å²) in [5.41, 5.74) is 3.57. The van der Waals surface area contributed by atoms with E-state index < -0.39 is 9.84 Å². The molecule has 0 saturated carbocycles. The molecule has 2 fully saturated rings. The lowest BCUT2D eigenvalue weighted by Crippen LogP contribution is -2.52. The standard InChI is InChI=1S/C23H30N4O3S2/c28-22(26-13-11-25(12-14-26)19-10-15-32(29,30)17-19)16-31-23-24-20-8-4-5-9-21(20)27(23)18-6-2-1-3-7-18/h1-3,6-7,19H,4-5,8-17H2. The fourth-order valence-corrected chi connectivity index (χ4v) is 7.79. The highest BCUT2D eigenvalue weighted by molar-refractivity contribution is 7.99. The molecule has 2 aromatic rings. The van der Waals surface area contributed by atoms with Crippen LogP contribution in [-0.2, 0) is 27.5 Å². The van der Waals surface area contributed by atoms with Gasteiger partial charge in [-0.25, -0.2) is 13.4 Å². The van der Waals surface area contributed by atoms with Crippen LogP contribution in [0.2, 0.25) is 0 Å². The van der Waals surface area contributed by atoms with Crippen LogP contribution in [0, 0.1) is 0 Å². The number of sulfone groups is 1. The molecule has 9 heteroatoms. The van der Waals surface area contributed by atoms with Gasteiger partial charge in [0.15, 0.2) is 15.0 Å². The van der Waals surface area contributed by atoms with Gasteiger partial charge in [-0.05, 0) is 44.2 Å². The Morgan fingerprint density at radius 3 is 2.53 bits per heavy atom. The van der Waals surface area contributed by atoms with Gasteiger partial charge in [-0.2, -0.15) is 0 Å². The van der Waals surface area contributed by atoms with Gasteiger partial charge in [0.05, 0.1) is 23.0 Å². The van der Waals surface area contributed by atoms with E-state index in [1.54, 1.807) is 0 Å². The number of benzene rings is 1. The van der Waals surface area contributed by atoms with Gasteiger partial charge >= 0.3 is 0 Å². The van der Waals surface area contributed by atoms with Crippen molar-refractivity contribution >= 4 is 27.5 Å². The zero-order valence-electron chi connectivity index (χ0n) is 18.3. The first-order valence-electron chi connectivity index (χ1n) is 11.5. The number of para-hydroxylation sites is 1. The first-order valence-corrected chi connectivity index (χ1v) is 14.3. The van der Waals surface area contributed by atoms with Crippen molar-refractivity contribution in [2.24, 2.45) is 0 Å². The number of imidazole rings is 1. The quantitative estimate of drug-likeness (QED) is 0.619. The molecule has 1 unspecified atom stereocenters. The molecule has 5 rings (SSSR count). The predicted octanol–water partition coefficient (Wildman–Crippen LogP) is 2.17. The third kappa shape index (κ3) is 4.61. The van der Waals surface area contributed by atoms with Crippen molar-refractivity contribution in [3.63, 3.8) is 0 Å². The Hall–Kier alpha value is -1.84. The number of carbonyl (C=O) groups excluding carboxylic acids is 1. The van der Waals surface area contributed by atoms with Gasteiger partial charge in [0, 0.05) is 43.6 Å². The van der Waals surface area contributed by atoms with E-state index in [1.807, 2.05) is 23.1 Å². The maximum atomic E-state index is 12.9. The molecule has 1 aromatic heterocycles. The second kappa shape index (κ2) is 9.19. The summed E-state index contributed by atoms with van der Waals surface area (Å²) in [5, 5.41) is 0.909. The van der Waals surface area contributed by atoms with Crippen LogP contribution in [0.3, 0.4) is 0 Å². The Labute approximate surface area is 194 Å². The first kappa shape index (κ1) is 22.0. The normalized spacial score (nSPS) is 23.2. The predicted molar refractivity (Wildman–Crippen MR) is 126 cm³/mol. The first-order chi connectivity index (χ1) is 15.5. The Balaban J connectivity index is 1.22. The summed E-state index contributed by atoms with van der Waals surface area (Å²) in [4.78, 5) is 22.0. The van der Waals surface area contributed by atoms with Gasteiger partial charge < -0.3 is 4.90 Å². The molecule has 32 heavy (non-hydrogen) atoms. The molecular formula is C23H30N4O3S2.